The normalized spacial score (nSPS) is 14.5. The minimum Gasteiger partial charge on any atom is -0.462 e. The molecule has 0 saturated heterocycles. The number of carbonyl (C=O) groups excluding carboxylic acids is 4. The number of unbranched alkanes of at least 4 members (excludes halogenated alkanes) is 34. The largest absolute Gasteiger partial charge is 0.472 e. The first-order valence-corrected chi connectivity index (χ1v) is 40.2. The maximum atomic E-state index is 13.0. The standard InChI is InChI=1S/C72H140O17P2/c1-9-65(8)51-43-35-27-20-23-29-37-45-53-70(75)83-58-67(88-71(76)54-46-38-30-17-15-13-11-10-12-14-16-24-32-40-48-62(2)3)60-86-90(78,79)84-56-66(73)57-85-91(80,81)87-61-68(89-72(77)55-47-39-31-22-19-26-34-42-50-64(6)7)59-82-69(74)52-44-36-28-21-18-25-33-41-49-63(4)5/h62-68,73H,9-61H2,1-8H3,(H,78,79)(H,80,81)/t65?,66?,67-,68-/m1/s1. The van der Waals surface area contributed by atoms with Gasteiger partial charge in [0.05, 0.1) is 26.4 Å². The van der Waals surface area contributed by atoms with Gasteiger partial charge in [-0.05, 0) is 49.4 Å². The Labute approximate surface area is 556 Å². The average Bonchev–Trinajstić information content (AvgIpc) is 3.72. The minimum absolute atomic E-state index is 0.103. The van der Waals surface area contributed by atoms with Crippen LogP contribution in [0.1, 0.15) is 357 Å². The number of rotatable bonds is 69. The molecule has 0 radical (unpaired) electrons. The van der Waals surface area contributed by atoms with Crippen LogP contribution in [0.3, 0.4) is 0 Å². The summed E-state index contributed by atoms with van der Waals surface area (Å²) in [5, 5.41) is 10.6. The summed E-state index contributed by atoms with van der Waals surface area (Å²) in [7, 11) is -9.91. The lowest BCUT2D eigenvalue weighted by atomic mass is 9.99. The molecule has 0 heterocycles. The first kappa shape index (κ1) is 89.1. The lowest BCUT2D eigenvalue weighted by Crippen LogP contribution is -2.30. The van der Waals surface area contributed by atoms with Crippen LogP contribution in [0.15, 0.2) is 0 Å². The highest BCUT2D eigenvalue weighted by atomic mass is 31.2. The van der Waals surface area contributed by atoms with Gasteiger partial charge < -0.3 is 33.8 Å². The molecule has 0 amide bonds. The molecule has 0 spiro atoms. The van der Waals surface area contributed by atoms with Crippen LogP contribution < -0.4 is 0 Å². The lowest BCUT2D eigenvalue weighted by molar-refractivity contribution is -0.161. The summed E-state index contributed by atoms with van der Waals surface area (Å²) >= 11 is 0. The van der Waals surface area contributed by atoms with Crippen LogP contribution in [-0.4, -0.2) is 96.7 Å². The molecule has 540 valence electrons. The Bertz CT molecular complexity index is 1800. The highest BCUT2D eigenvalue weighted by Gasteiger charge is 2.30. The van der Waals surface area contributed by atoms with E-state index >= 15 is 0 Å². The predicted molar refractivity (Wildman–Crippen MR) is 367 cm³/mol. The van der Waals surface area contributed by atoms with Gasteiger partial charge in [-0.25, -0.2) is 9.13 Å². The lowest BCUT2D eigenvalue weighted by Gasteiger charge is -2.21. The van der Waals surface area contributed by atoms with Crippen molar-refractivity contribution in [3.63, 3.8) is 0 Å². The summed E-state index contributed by atoms with van der Waals surface area (Å²) in [5.74, 6) is 0.889. The number of aliphatic hydroxyl groups is 1. The quantitative estimate of drug-likeness (QED) is 0.0222. The number of aliphatic hydroxyl groups excluding tert-OH is 1. The van der Waals surface area contributed by atoms with Gasteiger partial charge in [-0.15, -0.1) is 0 Å². The number of hydrogen-bond donors (Lipinski definition) is 3. The molecule has 0 bridgehead atoms. The van der Waals surface area contributed by atoms with Crippen molar-refractivity contribution < 1.29 is 80.2 Å². The number of ether oxygens (including phenoxy) is 4. The molecule has 0 fully saturated rings. The first-order chi connectivity index (χ1) is 43.6. The fourth-order valence-corrected chi connectivity index (χ4v) is 12.4. The molecule has 6 atom stereocenters. The molecule has 0 aromatic heterocycles. The monoisotopic (exact) mass is 1340 g/mol. The molecule has 0 saturated carbocycles. The Hall–Kier alpha value is -1.94. The highest BCUT2D eigenvalue weighted by molar-refractivity contribution is 7.47. The second kappa shape index (κ2) is 61.6. The maximum Gasteiger partial charge on any atom is 0.472 e. The van der Waals surface area contributed by atoms with Crippen molar-refractivity contribution in [2.45, 2.75) is 375 Å². The Balaban J connectivity index is 5.25. The summed E-state index contributed by atoms with van der Waals surface area (Å²) in [5.41, 5.74) is 0. The van der Waals surface area contributed by atoms with E-state index in [1.165, 1.54) is 161 Å². The molecule has 19 heteroatoms. The molecular formula is C72H140O17P2. The third-order valence-corrected chi connectivity index (χ3v) is 18.8. The van der Waals surface area contributed by atoms with Gasteiger partial charge in [0, 0.05) is 25.7 Å². The van der Waals surface area contributed by atoms with Crippen molar-refractivity contribution in [1.29, 1.82) is 0 Å². The van der Waals surface area contributed by atoms with E-state index in [9.17, 15) is 43.2 Å². The van der Waals surface area contributed by atoms with Gasteiger partial charge in [-0.3, -0.25) is 37.3 Å². The van der Waals surface area contributed by atoms with Gasteiger partial charge in [0.2, 0.25) is 0 Å². The van der Waals surface area contributed by atoms with Gasteiger partial charge in [0.1, 0.15) is 19.3 Å². The van der Waals surface area contributed by atoms with Crippen LogP contribution in [0.5, 0.6) is 0 Å². The van der Waals surface area contributed by atoms with Crippen molar-refractivity contribution in [3.8, 4) is 0 Å². The number of phosphoric ester groups is 2. The highest BCUT2D eigenvalue weighted by Crippen LogP contribution is 2.45. The van der Waals surface area contributed by atoms with E-state index in [1.807, 2.05) is 0 Å². The Morgan fingerprint density at radius 3 is 0.780 bits per heavy atom. The van der Waals surface area contributed by atoms with E-state index < -0.39 is 97.5 Å². The second-order valence-corrected chi connectivity index (χ2v) is 30.6. The first-order valence-electron chi connectivity index (χ1n) is 37.2. The third kappa shape index (κ3) is 65.1. The third-order valence-electron chi connectivity index (χ3n) is 16.9. The summed E-state index contributed by atoms with van der Waals surface area (Å²) in [6, 6.07) is 0. The molecule has 0 aliphatic carbocycles. The zero-order chi connectivity index (χ0) is 67.5. The molecule has 0 aromatic rings. The van der Waals surface area contributed by atoms with Gasteiger partial charge in [0.25, 0.3) is 0 Å². The summed E-state index contributed by atoms with van der Waals surface area (Å²) < 4.78 is 68.4. The number of hydrogen-bond acceptors (Lipinski definition) is 15. The van der Waals surface area contributed by atoms with Crippen molar-refractivity contribution in [2.24, 2.45) is 23.7 Å². The minimum atomic E-state index is -4.95. The van der Waals surface area contributed by atoms with Gasteiger partial charge in [-0.1, -0.05) is 306 Å². The van der Waals surface area contributed by atoms with Crippen LogP contribution in [0.2, 0.25) is 0 Å². The molecular weight excluding hydrogens is 1200 g/mol. The SMILES string of the molecule is CCC(C)CCCCCCCCCCC(=O)OC[C@H](COP(=O)(O)OCC(O)COP(=O)(O)OC[C@@H](COC(=O)CCCCCCCCCCC(C)C)OC(=O)CCCCCCCCCCC(C)C)OC(=O)CCCCCCCCCCCCCCCCC(C)C. The van der Waals surface area contributed by atoms with Crippen molar-refractivity contribution in [3.05, 3.63) is 0 Å². The van der Waals surface area contributed by atoms with E-state index in [4.69, 9.17) is 37.0 Å². The predicted octanol–water partition coefficient (Wildman–Crippen LogP) is 20.5. The number of esters is 4. The molecule has 0 rings (SSSR count). The van der Waals surface area contributed by atoms with Gasteiger partial charge in [0.15, 0.2) is 12.2 Å². The maximum absolute atomic E-state index is 13.0. The molecule has 0 aliphatic rings. The van der Waals surface area contributed by atoms with Crippen LogP contribution in [0.25, 0.3) is 0 Å². The molecule has 17 nitrogen and oxygen atoms in total. The van der Waals surface area contributed by atoms with E-state index in [0.29, 0.717) is 25.7 Å². The molecule has 0 aliphatic heterocycles. The van der Waals surface area contributed by atoms with E-state index in [-0.39, 0.29) is 25.7 Å². The Kier molecular flexibility index (Phi) is 60.3. The van der Waals surface area contributed by atoms with E-state index in [1.54, 1.807) is 0 Å². The van der Waals surface area contributed by atoms with E-state index in [2.05, 4.69) is 55.4 Å². The van der Waals surface area contributed by atoms with Crippen LogP contribution in [0, 0.1) is 23.7 Å². The Morgan fingerprint density at radius 2 is 0.527 bits per heavy atom. The summed E-state index contributed by atoms with van der Waals surface area (Å²) in [6.07, 6.45) is 44.5. The smallest absolute Gasteiger partial charge is 0.462 e. The van der Waals surface area contributed by atoms with Crippen LogP contribution >= 0.6 is 15.6 Å². The van der Waals surface area contributed by atoms with Crippen molar-refractivity contribution in [1.82, 2.24) is 0 Å². The summed E-state index contributed by atoms with van der Waals surface area (Å²) in [4.78, 5) is 72.6. The molecule has 4 unspecified atom stereocenters. The van der Waals surface area contributed by atoms with Gasteiger partial charge >= 0.3 is 39.5 Å². The fraction of sp³-hybridized carbons (Fsp3) is 0.944. The van der Waals surface area contributed by atoms with Gasteiger partial charge in [-0.2, -0.15) is 0 Å². The average molecular weight is 1340 g/mol. The van der Waals surface area contributed by atoms with Crippen molar-refractivity contribution in [2.75, 3.05) is 39.6 Å². The van der Waals surface area contributed by atoms with E-state index in [0.717, 1.165) is 114 Å². The summed E-state index contributed by atoms with van der Waals surface area (Å²) in [6.45, 7) is 14.1. The van der Waals surface area contributed by atoms with Crippen LogP contribution in [-0.2, 0) is 65.4 Å². The van der Waals surface area contributed by atoms with Crippen LogP contribution in [0.4, 0.5) is 0 Å². The molecule has 3 N–H and O–H groups in total. The molecule has 91 heavy (non-hydrogen) atoms. The van der Waals surface area contributed by atoms with Crippen molar-refractivity contribution >= 4 is 39.5 Å². The number of phosphoric acid groups is 2. The zero-order valence-corrected chi connectivity index (χ0v) is 61.3. The Morgan fingerprint density at radius 1 is 0.308 bits per heavy atom. The molecule has 0 aromatic carbocycles. The zero-order valence-electron chi connectivity index (χ0n) is 59.5. The fourth-order valence-electron chi connectivity index (χ4n) is 10.8. The second-order valence-electron chi connectivity index (χ2n) is 27.6. The number of carbonyl (C=O) groups is 4. The topological polar surface area (TPSA) is 237 Å².